The van der Waals surface area contributed by atoms with Gasteiger partial charge in [0, 0.05) is 5.69 Å². The first kappa shape index (κ1) is 14.4. The molecule has 0 spiro atoms. The van der Waals surface area contributed by atoms with E-state index in [1.807, 2.05) is 0 Å². The third kappa shape index (κ3) is 3.54. The second-order valence-electron chi connectivity index (χ2n) is 5.83. The predicted octanol–water partition coefficient (Wildman–Crippen LogP) is 1.44. The van der Waals surface area contributed by atoms with E-state index >= 15 is 0 Å². The lowest BCUT2D eigenvalue weighted by molar-refractivity contribution is 0.0160. The number of nitrogens with zero attached hydrogens (tertiary/aromatic N) is 1. The van der Waals surface area contributed by atoms with E-state index in [9.17, 15) is 0 Å². The molecule has 0 radical (unpaired) electrons. The number of hydrogen-bond donors (Lipinski definition) is 3. The number of nitrogens with two attached hydrogens (primary N) is 1. The Morgan fingerprint density at radius 2 is 2.10 bits per heavy atom. The summed E-state index contributed by atoms with van der Waals surface area (Å²) in [7, 11) is 0. The molecule has 1 aromatic rings. The summed E-state index contributed by atoms with van der Waals surface area (Å²) in [5.74, 6) is 0.420. The molecule has 0 unspecified atom stereocenters. The van der Waals surface area contributed by atoms with Gasteiger partial charge in [0.25, 0.3) is 0 Å². The molecule has 0 bridgehead atoms. The lowest BCUT2D eigenvalue weighted by Crippen LogP contribution is -2.25. The molecule has 0 aromatic heterocycles. The van der Waals surface area contributed by atoms with E-state index in [2.05, 4.69) is 28.5 Å². The van der Waals surface area contributed by atoms with Gasteiger partial charge < -0.3 is 20.9 Å². The van der Waals surface area contributed by atoms with Crippen LogP contribution in [0.2, 0.25) is 0 Å². The summed E-state index contributed by atoms with van der Waals surface area (Å²) >= 11 is 0. The average molecular weight is 289 g/mol. The first-order chi connectivity index (χ1) is 10.2. The highest BCUT2D eigenvalue weighted by molar-refractivity contribution is 5.92. The Bertz CT molecular complexity index is 530. The molecule has 21 heavy (non-hydrogen) atoms. The van der Waals surface area contributed by atoms with E-state index in [1.54, 1.807) is 0 Å². The first-order valence-corrected chi connectivity index (χ1v) is 7.69. The Morgan fingerprint density at radius 1 is 1.29 bits per heavy atom. The van der Waals surface area contributed by atoms with E-state index in [0.29, 0.717) is 12.5 Å². The van der Waals surface area contributed by atoms with Gasteiger partial charge in [-0.25, -0.2) is 0 Å². The second-order valence-corrected chi connectivity index (χ2v) is 5.83. The number of aliphatic imine (C=N–C) groups is 1. The Morgan fingerprint density at radius 3 is 2.90 bits per heavy atom. The van der Waals surface area contributed by atoms with E-state index < -0.39 is 0 Å². The van der Waals surface area contributed by atoms with Crippen molar-refractivity contribution in [3.8, 4) is 0 Å². The SMILES string of the molecule is NC(=NC[C@H]1CC[C@@H](CO)O1)Nc1ccc2c(c1)CCC2. The number of hydrogen-bond acceptors (Lipinski definition) is 3. The maximum absolute atomic E-state index is 9.04. The minimum atomic E-state index is -0.0314. The highest BCUT2D eigenvalue weighted by Crippen LogP contribution is 2.24. The van der Waals surface area contributed by atoms with Crippen LogP contribution in [0.3, 0.4) is 0 Å². The summed E-state index contributed by atoms with van der Waals surface area (Å²) in [5.41, 5.74) is 9.79. The summed E-state index contributed by atoms with van der Waals surface area (Å²) in [6.45, 7) is 0.628. The average Bonchev–Trinajstić information content (AvgIpc) is 3.13. The molecule has 0 saturated carbocycles. The van der Waals surface area contributed by atoms with Crippen molar-refractivity contribution in [2.24, 2.45) is 10.7 Å². The Balaban J connectivity index is 1.53. The fourth-order valence-corrected chi connectivity index (χ4v) is 3.09. The molecule has 0 amide bonds. The van der Waals surface area contributed by atoms with Crippen LogP contribution in [0.25, 0.3) is 0 Å². The number of aliphatic hydroxyl groups is 1. The number of fused-ring (bicyclic) bond motifs is 1. The maximum atomic E-state index is 9.04. The van der Waals surface area contributed by atoms with Crippen molar-refractivity contribution >= 4 is 11.6 Å². The van der Waals surface area contributed by atoms with Gasteiger partial charge in [0.05, 0.1) is 25.4 Å². The molecule has 3 rings (SSSR count). The number of rotatable bonds is 4. The van der Waals surface area contributed by atoms with Crippen LogP contribution in [-0.4, -0.2) is 36.4 Å². The van der Waals surface area contributed by atoms with Crippen LogP contribution in [0, 0.1) is 0 Å². The van der Waals surface area contributed by atoms with Crippen molar-refractivity contribution in [3.05, 3.63) is 29.3 Å². The highest BCUT2D eigenvalue weighted by Gasteiger charge is 2.24. The number of aryl methyl sites for hydroxylation is 2. The zero-order chi connectivity index (χ0) is 14.7. The van der Waals surface area contributed by atoms with Crippen LogP contribution < -0.4 is 11.1 Å². The van der Waals surface area contributed by atoms with Crippen molar-refractivity contribution in [1.29, 1.82) is 0 Å². The summed E-state index contributed by atoms with van der Waals surface area (Å²) in [5, 5.41) is 12.2. The number of anilines is 1. The van der Waals surface area contributed by atoms with Crippen LogP contribution in [0.5, 0.6) is 0 Å². The van der Waals surface area contributed by atoms with E-state index in [0.717, 1.165) is 24.9 Å². The van der Waals surface area contributed by atoms with Gasteiger partial charge in [-0.1, -0.05) is 6.07 Å². The Kier molecular flexibility index (Phi) is 4.41. The van der Waals surface area contributed by atoms with Gasteiger partial charge >= 0.3 is 0 Å². The van der Waals surface area contributed by atoms with Gasteiger partial charge in [-0.05, 0) is 55.4 Å². The van der Waals surface area contributed by atoms with Gasteiger partial charge in [-0.2, -0.15) is 0 Å². The molecule has 1 heterocycles. The van der Waals surface area contributed by atoms with E-state index in [1.165, 1.54) is 24.0 Å². The van der Waals surface area contributed by atoms with Gasteiger partial charge in [0.15, 0.2) is 5.96 Å². The first-order valence-electron chi connectivity index (χ1n) is 7.69. The molecule has 114 valence electrons. The smallest absolute Gasteiger partial charge is 0.193 e. The molecule has 1 fully saturated rings. The Labute approximate surface area is 125 Å². The molecular weight excluding hydrogens is 266 g/mol. The van der Waals surface area contributed by atoms with Crippen molar-refractivity contribution in [3.63, 3.8) is 0 Å². The third-order valence-electron chi connectivity index (χ3n) is 4.24. The molecule has 1 saturated heterocycles. The van der Waals surface area contributed by atoms with Crippen LogP contribution in [-0.2, 0) is 17.6 Å². The minimum absolute atomic E-state index is 0.0314. The molecule has 1 aromatic carbocycles. The summed E-state index contributed by atoms with van der Waals surface area (Å²) in [6.07, 6.45) is 5.45. The van der Waals surface area contributed by atoms with Crippen molar-refractivity contribution in [2.75, 3.05) is 18.5 Å². The van der Waals surface area contributed by atoms with Gasteiger partial charge in [-0.15, -0.1) is 0 Å². The zero-order valence-electron chi connectivity index (χ0n) is 12.2. The summed E-state index contributed by atoms with van der Waals surface area (Å²) < 4.78 is 5.63. The fraction of sp³-hybridized carbons (Fsp3) is 0.562. The highest BCUT2D eigenvalue weighted by atomic mass is 16.5. The van der Waals surface area contributed by atoms with Crippen LogP contribution >= 0.6 is 0 Å². The minimum Gasteiger partial charge on any atom is -0.394 e. The number of nitrogens with one attached hydrogen (secondary N) is 1. The van der Waals surface area contributed by atoms with Gasteiger partial charge in [0.2, 0.25) is 0 Å². The molecule has 4 N–H and O–H groups in total. The number of guanidine groups is 1. The monoisotopic (exact) mass is 289 g/mol. The maximum Gasteiger partial charge on any atom is 0.193 e. The molecule has 1 aliphatic carbocycles. The van der Waals surface area contributed by atoms with E-state index in [-0.39, 0.29) is 18.8 Å². The van der Waals surface area contributed by atoms with E-state index in [4.69, 9.17) is 15.6 Å². The summed E-state index contributed by atoms with van der Waals surface area (Å²) in [4.78, 5) is 4.34. The second kappa shape index (κ2) is 6.45. The van der Waals surface area contributed by atoms with Gasteiger partial charge in [0.1, 0.15) is 0 Å². The fourth-order valence-electron chi connectivity index (χ4n) is 3.09. The molecule has 1 aliphatic heterocycles. The lowest BCUT2D eigenvalue weighted by atomic mass is 10.1. The van der Waals surface area contributed by atoms with Crippen molar-refractivity contribution in [1.82, 2.24) is 0 Å². The quantitative estimate of drug-likeness (QED) is 0.579. The largest absolute Gasteiger partial charge is 0.394 e. The number of ether oxygens (including phenoxy) is 1. The molecule has 5 heteroatoms. The Hall–Kier alpha value is -1.59. The van der Waals surface area contributed by atoms with Crippen LogP contribution in [0.1, 0.15) is 30.4 Å². The van der Waals surface area contributed by atoms with Crippen molar-refractivity contribution in [2.45, 2.75) is 44.3 Å². The lowest BCUT2D eigenvalue weighted by Gasteiger charge is -2.11. The molecular formula is C16H23N3O2. The van der Waals surface area contributed by atoms with Crippen LogP contribution in [0.4, 0.5) is 5.69 Å². The molecule has 5 nitrogen and oxygen atoms in total. The number of aliphatic hydroxyl groups excluding tert-OH is 1. The topological polar surface area (TPSA) is 79.9 Å². The summed E-state index contributed by atoms with van der Waals surface area (Å²) in [6, 6.07) is 6.39. The predicted molar refractivity (Wildman–Crippen MR) is 83.6 cm³/mol. The molecule has 2 atom stereocenters. The zero-order valence-corrected chi connectivity index (χ0v) is 12.2. The normalized spacial score (nSPS) is 25.1. The number of benzene rings is 1. The molecule has 2 aliphatic rings. The standard InChI is InChI=1S/C16H23N3O2/c17-16(18-9-14-6-7-15(10-20)21-14)19-13-5-4-11-2-1-3-12(11)8-13/h4-5,8,14-15,20H,1-3,6-7,9-10H2,(H3,17,18,19)/t14-,15+/m1/s1. The van der Waals surface area contributed by atoms with Crippen LogP contribution in [0.15, 0.2) is 23.2 Å². The van der Waals surface area contributed by atoms with Gasteiger partial charge in [-0.3, -0.25) is 4.99 Å². The third-order valence-corrected chi connectivity index (χ3v) is 4.24. The van der Waals surface area contributed by atoms with Crippen molar-refractivity contribution < 1.29 is 9.84 Å².